The fourth-order valence-corrected chi connectivity index (χ4v) is 1.44. The van der Waals surface area contributed by atoms with Crippen LogP contribution >= 0.6 is 11.6 Å². The third kappa shape index (κ3) is 3.18. The third-order valence-electron chi connectivity index (χ3n) is 2.00. The minimum absolute atomic E-state index is 0.0601. The Bertz CT molecular complexity index is 381. The van der Waals surface area contributed by atoms with Gasteiger partial charge in [0.1, 0.15) is 5.82 Å². The van der Waals surface area contributed by atoms with Crippen molar-refractivity contribution in [2.45, 2.75) is 19.4 Å². The Morgan fingerprint density at radius 2 is 2.31 bits per heavy atom. The monoisotopic (exact) mass is 246 g/mol. The van der Waals surface area contributed by atoms with E-state index in [4.69, 9.17) is 11.6 Å². The van der Waals surface area contributed by atoms with Gasteiger partial charge in [0, 0.05) is 6.42 Å². The lowest BCUT2D eigenvalue weighted by molar-refractivity contribution is -0.152. The molecule has 0 amide bonds. The first kappa shape index (κ1) is 12.9. The molecule has 16 heavy (non-hydrogen) atoms. The lowest BCUT2D eigenvalue weighted by atomic mass is 10.1. The van der Waals surface area contributed by atoms with Crippen molar-refractivity contribution in [2.75, 3.05) is 6.61 Å². The van der Waals surface area contributed by atoms with Crippen LogP contribution in [0.4, 0.5) is 4.39 Å². The zero-order chi connectivity index (χ0) is 12.1. The molecule has 88 valence electrons. The van der Waals surface area contributed by atoms with E-state index in [9.17, 15) is 14.3 Å². The van der Waals surface area contributed by atoms with Crippen molar-refractivity contribution in [1.29, 1.82) is 0 Å². The van der Waals surface area contributed by atoms with Crippen LogP contribution in [-0.4, -0.2) is 23.8 Å². The number of carbonyl (C=O) groups is 1. The minimum atomic E-state index is -1.32. The molecule has 0 aromatic heterocycles. The number of carbonyl (C=O) groups excluding carboxylic acids is 1. The van der Waals surface area contributed by atoms with E-state index in [1.165, 1.54) is 12.1 Å². The van der Waals surface area contributed by atoms with Crippen LogP contribution in [-0.2, 0) is 16.0 Å². The van der Waals surface area contributed by atoms with Crippen LogP contribution in [0.25, 0.3) is 0 Å². The fraction of sp³-hybridized carbons (Fsp3) is 0.364. The highest BCUT2D eigenvalue weighted by atomic mass is 35.5. The smallest absolute Gasteiger partial charge is 0.335 e. The molecular formula is C11H12ClFO3. The highest BCUT2D eigenvalue weighted by molar-refractivity contribution is 6.31. The maximum atomic E-state index is 13.0. The maximum absolute atomic E-state index is 13.0. The molecule has 0 aliphatic heterocycles. The highest BCUT2D eigenvalue weighted by Gasteiger charge is 2.18. The highest BCUT2D eigenvalue weighted by Crippen LogP contribution is 2.21. The Morgan fingerprint density at radius 1 is 1.62 bits per heavy atom. The van der Waals surface area contributed by atoms with Crippen molar-refractivity contribution in [3.8, 4) is 0 Å². The molecule has 1 unspecified atom stereocenters. The summed E-state index contributed by atoms with van der Waals surface area (Å²) in [6.07, 6.45) is -1.38. The second-order valence-corrected chi connectivity index (χ2v) is 3.56. The fourth-order valence-electron chi connectivity index (χ4n) is 1.24. The molecular weight excluding hydrogens is 235 g/mol. The van der Waals surface area contributed by atoms with Gasteiger partial charge in [-0.2, -0.15) is 0 Å². The zero-order valence-corrected chi connectivity index (χ0v) is 9.50. The molecule has 0 radical (unpaired) electrons. The molecule has 0 bridgehead atoms. The van der Waals surface area contributed by atoms with Crippen LogP contribution in [0.5, 0.6) is 0 Å². The minimum Gasteiger partial charge on any atom is -0.464 e. The summed E-state index contributed by atoms with van der Waals surface area (Å²) < 4.78 is 17.7. The van der Waals surface area contributed by atoms with Gasteiger partial charge in [0.25, 0.3) is 0 Å². The van der Waals surface area contributed by atoms with Gasteiger partial charge in [-0.25, -0.2) is 9.18 Å². The molecule has 0 aliphatic carbocycles. The Balaban J connectivity index is 2.73. The molecule has 1 aromatic rings. The molecule has 1 rings (SSSR count). The Hall–Kier alpha value is -1.13. The average Bonchev–Trinajstić information content (AvgIpc) is 2.25. The SMILES string of the molecule is CCOC(=O)C(O)Cc1cccc(F)c1Cl. The largest absolute Gasteiger partial charge is 0.464 e. The van der Waals surface area contributed by atoms with Crippen molar-refractivity contribution in [3.05, 3.63) is 34.6 Å². The number of hydrogen-bond acceptors (Lipinski definition) is 3. The van der Waals surface area contributed by atoms with E-state index in [-0.39, 0.29) is 18.1 Å². The lowest BCUT2D eigenvalue weighted by Crippen LogP contribution is -2.25. The van der Waals surface area contributed by atoms with Gasteiger partial charge in [-0.15, -0.1) is 0 Å². The summed E-state index contributed by atoms with van der Waals surface area (Å²) in [6.45, 7) is 1.83. The molecule has 0 spiro atoms. The summed E-state index contributed by atoms with van der Waals surface area (Å²) in [5.74, 6) is -1.31. The molecule has 0 aliphatic rings. The first-order valence-electron chi connectivity index (χ1n) is 4.83. The van der Waals surface area contributed by atoms with E-state index in [1.54, 1.807) is 13.0 Å². The maximum Gasteiger partial charge on any atom is 0.335 e. The standard InChI is InChI=1S/C11H12ClFO3/c1-2-16-11(15)9(14)6-7-4-3-5-8(13)10(7)12/h3-5,9,14H,2,6H2,1H3. The van der Waals surface area contributed by atoms with E-state index >= 15 is 0 Å². The Labute approximate surface area is 97.8 Å². The summed E-state index contributed by atoms with van der Waals surface area (Å²) >= 11 is 5.68. The second kappa shape index (κ2) is 5.82. The van der Waals surface area contributed by atoms with Gasteiger partial charge >= 0.3 is 5.97 Å². The molecule has 3 nitrogen and oxygen atoms in total. The van der Waals surface area contributed by atoms with Crippen LogP contribution in [0.1, 0.15) is 12.5 Å². The molecule has 0 saturated heterocycles. The van der Waals surface area contributed by atoms with E-state index in [1.807, 2.05) is 0 Å². The summed E-state index contributed by atoms with van der Waals surface area (Å²) in [6, 6.07) is 4.23. The third-order valence-corrected chi connectivity index (χ3v) is 2.43. The topological polar surface area (TPSA) is 46.5 Å². The van der Waals surface area contributed by atoms with E-state index in [0.29, 0.717) is 5.56 Å². The first-order valence-corrected chi connectivity index (χ1v) is 5.21. The molecule has 1 aromatic carbocycles. The number of aliphatic hydroxyl groups is 1. The van der Waals surface area contributed by atoms with Crippen LogP contribution in [0.3, 0.4) is 0 Å². The number of rotatable bonds is 4. The van der Waals surface area contributed by atoms with Crippen molar-refractivity contribution in [3.63, 3.8) is 0 Å². The number of aliphatic hydroxyl groups excluding tert-OH is 1. The van der Waals surface area contributed by atoms with Gasteiger partial charge in [0.15, 0.2) is 6.10 Å². The number of benzene rings is 1. The van der Waals surface area contributed by atoms with Gasteiger partial charge in [-0.05, 0) is 18.6 Å². The summed E-state index contributed by atoms with van der Waals surface area (Å²) in [5.41, 5.74) is 0.377. The van der Waals surface area contributed by atoms with E-state index in [0.717, 1.165) is 0 Å². The average molecular weight is 247 g/mol. The number of esters is 1. The van der Waals surface area contributed by atoms with Crippen molar-refractivity contribution in [1.82, 2.24) is 0 Å². The first-order chi connectivity index (χ1) is 7.56. The summed E-state index contributed by atoms with van der Waals surface area (Å²) in [7, 11) is 0. The molecule has 5 heteroatoms. The van der Waals surface area contributed by atoms with Crippen molar-refractivity contribution < 1.29 is 19.0 Å². The quantitative estimate of drug-likeness (QED) is 0.826. The Kier molecular flexibility index (Phi) is 4.71. The molecule has 1 N–H and O–H groups in total. The van der Waals surface area contributed by atoms with Crippen LogP contribution in [0.15, 0.2) is 18.2 Å². The number of ether oxygens (including phenoxy) is 1. The number of halogens is 2. The second-order valence-electron chi connectivity index (χ2n) is 3.18. The lowest BCUT2D eigenvalue weighted by Gasteiger charge is -2.10. The van der Waals surface area contributed by atoms with E-state index < -0.39 is 17.9 Å². The van der Waals surface area contributed by atoms with Gasteiger partial charge in [-0.1, -0.05) is 23.7 Å². The van der Waals surface area contributed by atoms with Gasteiger partial charge in [0.05, 0.1) is 11.6 Å². The van der Waals surface area contributed by atoms with Crippen LogP contribution in [0, 0.1) is 5.82 Å². The summed E-state index contributed by atoms with van der Waals surface area (Å²) in [4.78, 5) is 11.1. The summed E-state index contributed by atoms with van der Waals surface area (Å²) in [5, 5.41) is 9.38. The Morgan fingerprint density at radius 3 is 2.94 bits per heavy atom. The van der Waals surface area contributed by atoms with Gasteiger partial charge in [0.2, 0.25) is 0 Å². The molecule has 1 atom stereocenters. The zero-order valence-electron chi connectivity index (χ0n) is 8.74. The molecule has 0 fully saturated rings. The predicted octanol–water partition coefficient (Wildman–Crippen LogP) is 1.95. The normalized spacial score (nSPS) is 12.2. The molecule has 0 saturated carbocycles. The van der Waals surface area contributed by atoms with Crippen LogP contribution < -0.4 is 0 Å². The van der Waals surface area contributed by atoms with Crippen molar-refractivity contribution >= 4 is 17.6 Å². The van der Waals surface area contributed by atoms with Gasteiger partial charge in [-0.3, -0.25) is 0 Å². The van der Waals surface area contributed by atoms with Crippen LogP contribution in [0.2, 0.25) is 5.02 Å². The number of hydrogen-bond donors (Lipinski definition) is 1. The van der Waals surface area contributed by atoms with E-state index in [2.05, 4.69) is 4.74 Å². The predicted molar refractivity (Wildman–Crippen MR) is 57.8 cm³/mol. The molecule has 0 heterocycles. The van der Waals surface area contributed by atoms with Gasteiger partial charge < -0.3 is 9.84 Å². The van der Waals surface area contributed by atoms with Crippen molar-refractivity contribution in [2.24, 2.45) is 0 Å².